The van der Waals surface area contributed by atoms with Gasteiger partial charge in [-0.25, -0.2) is 0 Å². The standard InChI is InChI=1S/C8H15NS/c9-8(4-5-8)6-10-7-2-1-3-7/h7H,1-6,9H2. The Bertz CT molecular complexity index is 127. The van der Waals surface area contributed by atoms with Gasteiger partial charge in [0.15, 0.2) is 0 Å². The Labute approximate surface area is 66.7 Å². The van der Waals surface area contributed by atoms with Gasteiger partial charge < -0.3 is 5.73 Å². The van der Waals surface area contributed by atoms with Gasteiger partial charge in [-0.2, -0.15) is 11.8 Å². The summed E-state index contributed by atoms with van der Waals surface area (Å²) in [5.41, 5.74) is 6.23. The van der Waals surface area contributed by atoms with Crippen molar-refractivity contribution in [3.63, 3.8) is 0 Å². The average Bonchev–Trinajstić information content (AvgIpc) is 2.44. The van der Waals surface area contributed by atoms with E-state index >= 15 is 0 Å². The first-order valence-corrected chi connectivity index (χ1v) is 5.24. The van der Waals surface area contributed by atoms with E-state index in [9.17, 15) is 0 Å². The van der Waals surface area contributed by atoms with E-state index in [0.29, 0.717) is 0 Å². The lowest BCUT2D eigenvalue weighted by molar-refractivity contribution is 0.521. The highest BCUT2D eigenvalue weighted by Crippen LogP contribution is 2.40. The molecule has 0 bridgehead atoms. The molecule has 2 aliphatic rings. The van der Waals surface area contributed by atoms with Crippen molar-refractivity contribution in [3.05, 3.63) is 0 Å². The summed E-state index contributed by atoms with van der Waals surface area (Å²) >= 11 is 2.11. The van der Waals surface area contributed by atoms with E-state index in [4.69, 9.17) is 5.73 Å². The lowest BCUT2D eigenvalue weighted by Crippen LogP contribution is -2.27. The topological polar surface area (TPSA) is 26.0 Å². The summed E-state index contributed by atoms with van der Waals surface area (Å²) < 4.78 is 0. The molecule has 2 rings (SSSR count). The van der Waals surface area contributed by atoms with Crippen LogP contribution in [-0.2, 0) is 0 Å². The first-order chi connectivity index (χ1) is 4.79. The van der Waals surface area contributed by atoms with E-state index in [1.165, 1.54) is 37.9 Å². The van der Waals surface area contributed by atoms with Crippen molar-refractivity contribution in [2.45, 2.75) is 42.9 Å². The van der Waals surface area contributed by atoms with Crippen molar-refractivity contribution >= 4 is 11.8 Å². The maximum Gasteiger partial charge on any atom is 0.0247 e. The summed E-state index contributed by atoms with van der Waals surface area (Å²) in [5.74, 6) is 1.22. The molecule has 10 heavy (non-hydrogen) atoms. The molecule has 2 fully saturated rings. The van der Waals surface area contributed by atoms with Crippen LogP contribution in [0.1, 0.15) is 32.1 Å². The molecule has 0 atom stereocenters. The molecule has 2 saturated carbocycles. The number of thioether (sulfide) groups is 1. The molecule has 0 aromatic rings. The van der Waals surface area contributed by atoms with Gasteiger partial charge in [0.05, 0.1) is 0 Å². The Hall–Kier alpha value is 0.310. The van der Waals surface area contributed by atoms with E-state index in [1.807, 2.05) is 0 Å². The van der Waals surface area contributed by atoms with Crippen LogP contribution in [0.5, 0.6) is 0 Å². The van der Waals surface area contributed by atoms with Gasteiger partial charge in [0, 0.05) is 16.5 Å². The molecule has 0 spiro atoms. The van der Waals surface area contributed by atoms with E-state index in [2.05, 4.69) is 11.8 Å². The molecule has 0 saturated heterocycles. The third-order valence-electron chi connectivity index (χ3n) is 2.55. The van der Waals surface area contributed by atoms with Gasteiger partial charge in [0.1, 0.15) is 0 Å². The van der Waals surface area contributed by atoms with Crippen LogP contribution in [0.15, 0.2) is 0 Å². The van der Waals surface area contributed by atoms with E-state index in [-0.39, 0.29) is 5.54 Å². The van der Waals surface area contributed by atoms with Gasteiger partial charge in [-0.05, 0) is 25.7 Å². The monoisotopic (exact) mass is 157 g/mol. The SMILES string of the molecule is NC1(CSC2CCC2)CC1. The minimum Gasteiger partial charge on any atom is -0.324 e. The summed E-state index contributed by atoms with van der Waals surface area (Å²) in [6.07, 6.45) is 6.89. The van der Waals surface area contributed by atoms with E-state index in [1.54, 1.807) is 0 Å². The van der Waals surface area contributed by atoms with Gasteiger partial charge in [0.25, 0.3) is 0 Å². The second kappa shape index (κ2) is 2.42. The molecule has 2 heteroatoms. The minimum atomic E-state index is 0.278. The molecular formula is C8H15NS. The highest BCUT2D eigenvalue weighted by molar-refractivity contribution is 8.00. The highest BCUT2D eigenvalue weighted by atomic mass is 32.2. The largest absolute Gasteiger partial charge is 0.324 e. The summed E-state index contributed by atoms with van der Waals surface area (Å²) in [7, 11) is 0. The quantitative estimate of drug-likeness (QED) is 0.675. The van der Waals surface area contributed by atoms with Crippen LogP contribution >= 0.6 is 11.8 Å². The number of nitrogens with two attached hydrogens (primary N) is 1. The minimum absolute atomic E-state index is 0.278. The molecule has 0 amide bonds. The maximum atomic E-state index is 5.95. The Morgan fingerprint density at radius 3 is 2.50 bits per heavy atom. The van der Waals surface area contributed by atoms with Crippen molar-refractivity contribution in [1.82, 2.24) is 0 Å². The number of hydrogen-bond acceptors (Lipinski definition) is 2. The summed E-state index contributed by atoms with van der Waals surface area (Å²) in [5, 5.41) is 0.973. The Kier molecular flexibility index (Phi) is 1.69. The van der Waals surface area contributed by atoms with Crippen LogP contribution in [0.2, 0.25) is 0 Å². The zero-order valence-electron chi connectivity index (χ0n) is 6.31. The molecule has 2 aliphatic carbocycles. The Morgan fingerprint density at radius 2 is 2.10 bits per heavy atom. The van der Waals surface area contributed by atoms with E-state index < -0.39 is 0 Å². The third-order valence-corrected chi connectivity index (χ3v) is 4.24. The lowest BCUT2D eigenvalue weighted by Gasteiger charge is -2.25. The molecule has 0 aliphatic heterocycles. The number of rotatable bonds is 3. The van der Waals surface area contributed by atoms with Crippen LogP contribution in [0.4, 0.5) is 0 Å². The van der Waals surface area contributed by atoms with Gasteiger partial charge in [-0.3, -0.25) is 0 Å². The first kappa shape index (κ1) is 6.99. The fourth-order valence-corrected chi connectivity index (χ4v) is 2.65. The van der Waals surface area contributed by atoms with E-state index in [0.717, 1.165) is 5.25 Å². The van der Waals surface area contributed by atoms with Gasteiger partial charge in [-0.15, -0.1) is 0 Å². The van der Waals surface area contributed by atoms with Gasteiger partial charge in [0.2, 0.25) is 0 Å². The lowest BCUT2D eigenvalue weighted by atomic mass is 10.0. The van der Waals surface area contributed by atoms with Gasteiger partial charge in [-0.1, -0.05) is 6.42 Å². The zero-order chi connectivity index (χ0) is 7.03. The second-order valence-corrected chi connectivity index (χ2v) is 5.01. The molecule has 0 radical (unpaired) electrons. The molecule has 0 aromatic heterocycles. The van der Waals surface area contributed by atoms with Gasteiger partial charge >= 0.3 is 0 Å². The van der Waals surface area contributed by atoms with Crippen LogP contribution in [-0.4, -0.2) is 16.5 Å². The average molecular weight is 157 g/mol. The predicted molar refractivity (Wildman–Crippen MR) is 46.2 cm³/mol. The van der Waals surface area contributed by atoms with Crippen molar-refractivity contribution in [2.75, 3.05) is 5.75 Å². The van der Waals surface area contributed by atoms with Crippen molar-refractivity contribution in [2.24, 2.45) is 5.73 Å². The fourth-order valence-electron chi connectivity index (χ4n) is 1.13. The summed E-state index contributed by atoms with van der Waals surface area (Å²) in [6.45, 7) is 0. The first-order valence-electron chi connectivity index (χ1n) is 4.19. The van der Waals surface area contributed by atoms with Crippen LogP contribution in [0, 0.1) is 0 Å². The molecule has 0 unspecified atom stereocenters. The molecule has 0 heterocycles. The number of hydrogen-bond donors (Lipinski definition) is 1. The Balaban J connectivity index is 1.63. The fraction of sp³-hybridized carbons (Fsp3) is 1.00. The molecule has 0 aromatic carbocycles. The summed E-state index contributed by atoms with van der Waals surface area (Å²) in [6, 6.07) is 0. The predicted octanol–water partition coefficient (Wildman–Crippen LogP) is 1.76. The molecule has 1 nitrogen and oxygen atoms in total. The molecular weight excluding hydrogens is 142 g/mol. The second-order valence-electron chi connectivity index (χ2n) is 3.73. The highest BCUT2D eigenvalue weighted by Gasteiger charge is 2.38. The molecule has 58 valence electrons. The zero-order valence-corrected chi connectivity index (χ0v) is 7.12. The van der Waals surface area contributed by atoms with Crippen molar-refractivity contribution in [3.8, 4) is 0 Å². The maximum absolute atomic E-state index is 5.95. The van der Waals surface area contributed by atoms with Crippen molar-refractivity contribution < 1.29 is 0 Å². The third kappa shape index (κ3) is 1.48. The smallest absolute Gasteiger partial charge is 0.0247 e. The van der Waals surface area contributed by atoms with Crippen molar-refractivity contribution in [1.29, 1.82) is 0 Å². The van der Waals surface area contributed by atoms with Crippen LogP contribution in [0.3, 0.4) is 0 Å². The molecule has 2 N–H and O–H groups in total. The summed E-state index contributed by atoms with van der Waals surface area (Å²) in [4.78, 5) is 0. The normalized spacial score (nSPS) is 29.7. The Morgan fingerprint density at radius 1 is 1.40 bits per heavy atom. The van der Waals surface area contributed by atoms with Crippen LogP contribution < -0.4 is 5.73 Å². The van der Waals surface area contributed by atoms with Crippen LogP contribution in [0.25, 0.3) is 0 Å².